The number of hydrogen-bond donors (Lipinski definition) is 1. The topological polar surface area (TPSA) is 15.3 Å². The van der Waals surface area contributed by atoms with Crippen LogP contribution in [0.25, 0.3) is 0 Å². The van der Waals surface area contributed by atoms with E-state index in [9.17, 15) is 0 Å². The van der Waals surface area contributed by atoms with Gasteiger partial charge in [-0.1, -0.05) is 12.1 Å². The molecule has 1 aromatic rings. The van der Waals surface area contributed by atoms with Gasteiger partial charge in [0, 0.05) is 19.1 Å². The van der Waals surface area contributed by atoms with E-state index in [-0.39, 0.29) is 0 Å². The largest absolute Gasteiger partial charge is 0.309 e. The van der Waals surface area contributed by atoms with Gasteiger partial charge < -0.3 is 10.2 Å². The highest BCUT2D eigenvalue weighted by molar-refractivity contribution is 5.37. The summed E-state index contributed by atoms with van der Waals surface area (Å²) in [5.41, 5.74) is 5.57. The summed E-state index contributed by atoms with van der Waals surface area (Å²) in [5, 5.41) is 3.58. The lowest BCUT2D eigenvalue weighted by Crippen LogP contribution is -2.28. The predicted octanol–water partition coefficient (Wildman–Crippen LogP) is 2.82. The van der Waals surface area contributed by atoms with Gasteiger partial charge in [0.05, 0.1) is 0 Å². The Morgan fingerprint density at radius 3 is 2.24 bits per heavy atom. The molecule has 17 heavy (non-hydrogen) atoms. The molecule has 0 amide bonds. The van der Waals surface area contributed by atoms with E-state index in [0.717, 1.165) is 13.1 Å². The first-order chi connectivity index (χ1) is 7.91. The Hall–Kier alpha value is -0.860. The third kappa shape index (κ3) is 4.14. The van der Waals surface area contributed by atoms with E-state index >= 15 is 0 Å². The quantitative estimate of drug-likeness (QED) is 0.843. The molecule has 0 heterocycles. The minimum atomic E-state index is 0.425. The van der Waals surface area contributed by atoms with Gasteiger partial charge >= 0.3 is 0 Å². The van der Waals surface area contributed by atoms with Crippen molar-refractivity contribution in [1.29, 1.82) is 0 Å². The van der Waals surface area contributed by atoms with Gasteiger partial charge in [-0.3, -0.25) is 0 Å². The van der Waals surface area contributed by atoms with Crippen LogP contribution in [0.2, 0.25) is 0 Å². The van der Waals surface area contributed by atoms with Crippen molar-refractivity contribution in [1.82, 2.24) is 10.2 Å². The summed E-state index contributed by atoms with van der Waals surface area (Å²) in [6.07, 6.45) is 0. The second-order valence-corrected chi connectivity index (χ2v) is 5.27. The zero-order valence-electron chi connectivity index (χ0n) is 12.1. The maximum absolute atomic E-state index is 3.58. The number of rotatable bonds is 5. The molecule has 96 valence electrons. The second kappa shape index (κ2) is 6.18. The monoisotopic (exact) mass is 234 g/mol. The number of hydrogen-bond acceptors (Lipinski definition) is 2. The van der Waals surface area contributed by atoms with Crippen molar-refractivity contribution in [3.8, 4) is 0 Å². The third-order valence-electron chi connectivity index (χ3n) is 3.36. The molecule has 0 spiro atoms. The molecule has 1 atom stereocenters. The van der Waals surface area contributed by atoms with Gasteiger partial charge in [-0.2, -0.15) is 0 Å². The van der Waals surface area contributed by atoms with Crippen molar-refractivity contribution < 1.29 is 0 Å². The van der Waals surface area contributed by atoms with Crippen LogP contribution in [0, 0.1) is 20.8 Å². The Labute approximate surface area is 106 Å². The van der Waals surface area contributed by atoms with Crippen molar-refractivity contribution in [2.24, 2.45) is 0 Å². The van der Waals surface area contributed by atoms with Crippen LogP contribution in [0.3, 0.4) is 0 Å². The highest BCUT2D eigenvalue weighted by Crippen LogP contribution is 2.21. The minimum Gasteiger partial charge on any atom is -0.309 e. The van der Waals surface area contributed by atoms with Crippen LogP contribution in [-0.4, -0.2) is 32.1 Å². The highest BCUT2D eigenvalue weighted by Gasteiger charge is 2.09. The molecule has 0 saturated carbocycles. The Morgan fingerprint density at radius 1 is 1.06 bits per heavy atom. The molecule has 2 heteroatoms. The van der Waals surface area contributed by atoms with E-state index < -0.39 is 0 Å². The van der Waals surface area contributed by atoms with Gasteiger partial charge in [-0.15, -0.1) is 0 Å². The van der Waals surface area contributed by atoms with E-state index in [4.69, 9.17) is 0 Å². The molecule has 0 aliphatic heterocycles. The summed E-state index contributed by atoms with van der Waals surface area (Å²) in [6.45, 7) is 10.9. The van der Waals surface area contributed by atoms with Crippen molar-refractivity contribution in [3.05, 3.63) is 34.4 Å². The van der Waals surface area contributed by atoms with E-state index in [1.807, 2.05) is 0 Å². The highest BCUT2D eigenvalue weighted by atomic mass is 15.1. The first-order valence-corrected chi connectivity index (χ1v) is 6.37. The normalized spacial score (nSPS) is 13.1. The van der Waals surface area contributed by atoms with Crippen LogP contribution < -0.4 is 5.32 Å². The van der Waals surface area contributed by atoms with Crippen LogP contribution in [0.5, 0.6) is 0 Å². The van der Waals surface area contributed by atoms with Crippen LogP contribution in [0.4, 0.5) is 0 Å². The van der Waals surface area contributed by atoms with Gasteiger partial charge in [-0.05, 0) is 64.0 Å². The third-order valence-corrected chi connectivity index (χ3v) is 3.36. The van der Waals surface area contributed by atoms with Crippen LogP contribution in [0.15, 0.2) is 12.1 Å². The Morgan fingerprint density at radius 2 is 1.65 bits per heavy atom. The van der Waals surface area contributed by atoms with Crippen LogP contribution in [0.1, 0.15) is 35.2 Å². The standard InChI is InChI=1S/C15H26N2/c1-11-9-13(3)15(10-12(11)2)14(4)16-7-8-17(5)6/h9-10,14,16H,7-8H2,1-6H3. The van der Waals surface area contributed by atoms with E-state index in [1.165, 1.54) is 22.3 Å². The first kappa shape index (κ1) is 14.2. The van der Waals surface area contributed by atoms with Gasteiger partial charge in [-0.25, -0.2) is 0 Å². The maximum Gasteiger partial charge on any atom is 0.0295 e. The minimum absolute atomic E-state index is 0.425. The fourth-order valence-corrected chi connectivity index (χ4v) is 2.06. The lowest BCUT2D eigenvalue weighted by molar-refractivity contribution is 0.389. The lowest BCUT2D eigenvalue weighted by Gasteiger charge is -2.19. The molecule has 1 aromatic carbocycles. The SMILES string of the molecule is Cc1cc(C)c(C(C)NCCN(C)C)cc1C. The van der Waals surface area contributed by atoms with Crippen molar-refractivity contribution in [3.63, 3.8) is 0 Å². The lowest BCUT2D eigenvalue weighted by atomic mass is 9.96. The average Bonchev–Trinajstić information content (AvgIpc) is 2.22. The molecular formula is C15H26N2. The summed E-state index contributed by atoms with van der Waals surface area (Å²) in [6, 6.07) is 5.03. The van der Waals surface area contributed by atoms with Crippen molar-refractivity contribution in [2.45, 2.75) is 33.7 Å². The predicted molar refractivity (Wildman–Crippen MR) is 75.6 cm³/mol. The molecule has 0 radical (unpaired) electrons. The summed E-state index contributed by atoms with van der Waals surface area (Å²) >= 11 is 0. The molecular weight excluding hydrogens is 208 g/mol. The summed E-state index contributed by atoms with van der Waals surface area (Å²) < 4.78 is 0. The molecule has 2 nitrogen and oxygen atoms in total. The Bertz CT molecular complexity index is 369. The number of nitrogens with one attached hydrogen (secondary N) is 1. The molecule has 1 N–H and O–H groups in total. The maximum atomic E-state index is 3.58. The Kier molecular flexibility index (Phi) is 5.16. The van der Waals surface area contributed by atoms with Gasteiger partial charge in [0.1, 0.15) is 0 Å². The average molecular weight is 234 g/mol. The Balaban J connectivity index is 2.68. The van der Waals surface area contributed by atoms with E-state index in [0.29, 0.717) is 6.04 Å². The van der Waals surface area contributed by atoms with Crippen molar-refractivity contribution in [2.75, 3.05) is 27.2 Å². The molecule has 0 bridgehead atoms. The molecule has 0 aliphatic rings. The zero-order valence-corrected chi connectivity index (χ0v) is 12.1. The van der Waals surface area contributed by atoms with E-state index in [2.05, 4.69) is 64.1 Å². The van der Waals surface area contributed by atoms with Crippen LogP contribution in [-0.2, 0) is 0 Å². The first-order valence-electron chi connectivity index (χ1n) is 6.37. The molecule has 0 aromatic heterocycles. The molecule has 1 rings (SSSR count). The van der Waals surface area contributed by atoms with Crippen LogP contribution >= 0.6 is 0 Å². The van der Waals surface area contributed by atoms with Gasteiger partial charge in [0.15, 0.2) is 0 Å². The number of benzene rings is 1. The molecule has 0 aliphatic carbocycles. The fraction of sp³-hybridized carbons (Fsp3) is 0.600. The number of likely N-dealkylation sites (N-methyl/N-ethyl adjacent to an activating group) is 1. The zero-order chi connectivity index (χ0) is 13.0. The molecule has 0 saturated heterocycles. The molecule has 0 fully saturated rings. The second-order valence-electron chi connectivity index (χ2n) is 5.27. The van der Waals surface area contributed by atoms with Crippen molar-refractivity contribution >= 4 is 0 Å². The smallest absolute Gasteiger partial charge is 0.0295 e. The summed E-state index contributed by atoms with van der Waals surface area (Å²) in [5.74, 6) is 0. The van der Waals surface area contributed by atoms with Gasteiger partial charge in [0.25, 0.3) is 0 Å². The molecule has 1 unspecified atom stereocenters. The number of nitrogens with zero attached hydrogens (tertiary/aromatic N) is 1. The summed E-state index contributed by atoms with van der Waals surface area (Å²) in [7, 11) is 4.21. The fourth-order valence-electron chi connectivity index (χ4n) is 2.06. The van der Waals surface area contributed by atoms with Gasteiger partial charge in [0.2, 0.25) is 0 Å². The van der Waals surface area contributed by atoms with E-state index in [1.54, 1.807) is 0 Å². The number of aryl methyl sites for hydroxylation is 3. The summed E-state index contributed by atoms with van der Waals surface area (Å²) in [4.78, 5) is 2.20.